The van der Waals surface area contributed by atoms with Gasteiger partial charge in [-0.05, 0) is 50.6 Å². The number of hydrogen-bond donors (Lipinski definition) is 1. The van der Waals surface area contributed by atoms with Gasteiger partial charge in [-0.1, -0.05) is 19.3 Å². The molecule has 110 valence electrons. The monoisotopic (exact) mass is 275 g/mol. The molecule has 0 unspecified atom stereocenters. The molecule has 0 radical (unpaired) electrons. The molecule has 0 spiro atoms. The number of nitrogens with one attached hydrogen (secondary N) is 1. The van der Waals surface area contributed by atoms with Gasteiger partial charge in [0.15, 0.2) is 0 Å². The third-order valence-corrected chi connectivity index (χ3v) is 3.77. The standard InChI is InChI=1S/C16H25N3O/c1-14-11-15(7-8-17-14)12-18-16(20)13-19-9-5-3-2-4-6-10-19/h7-8,11H,2-6,9-10,12-13H2,1H3,(H,18,20). The van der Waals surface area contributed by atoms with Crippen LogP contribution in [-0.2, 0) is 11.3 Å². The quantitative estimate of drug-likeness (QED) is 0.917. The lowest BCUT2D eigenvalue weighted by Gasteiger charge is -2.23. The number of pyridine rings is 1. The summed E-state index contributed by atoms with van der Waals surface area (Å²) in [6.45, 7) is 5.20. The molecular formula is C16H25N3O. The first kappa shape index (κ1) is 15.0. The van der Waals surface area contributed by atoms with E-state index in [0.717, 1.165) is 24.3 Å². The molecule has 2 rings (SSSR count). The molecule has 4 heteroatoms. The number of carbonyl (C=O) groups is 1. The predicted molar refractivity (Wildman–Crippen MR) is 80.3 cm³/mol. The fourth-order valence-corrected chi connectivity index (χ4v) is 2.64. The van der Waals surface area contributed by atoms with E-state index in [9.17, 15) is 4.79 Å². The van der Waals surface area contributed by atoms with Crippen molar-refractivity contribution < 1.29 is 4.79 Å². The summed E-state index contributed by atoms with van der Waals surface area (Å²) in [5.74, 6) is 0.125. The number of likely N-dealkylation sites (tertiary alicyclic amines) is 1. The molecule has 1 fully saturated rings. The van der Waals surface area contributed by atoms with Crippen molar-refractivity contribution in [1.82, 2.24) is 15.2 Å². The highest BCUT2D eigenvalue weighted by Crippen LogP contribution is 2.10. The number of aromatic nitrogens is 1. The third-order valence-electron chi connectivity index (χ3n) is 3.77. The van der Waals surface area contributed by atoms with E-state index in [2.05, 4.69) is 15.2 Å². The molecule has 20 heavy (non-hydrogen) atoms. The van der Waals surface area contributed by atoms with Crippen LogP contribution in [0.25, 0.3) is 0 Å². The third kappa shape index (κ3) is 5.29. The van der Waals surface area contributed by atoms with Gasteiger partial charge in [0, 0.05) is 18.4 Å². The minimum Gasteiger partial charge on any atom is -0.351 e. The van der Waals surface area contributed by atoms with Crippen molar-refractivity contribution in [2.24, 2.45) is 0 Å². The summed E-state index contributed by atoms with van der Waals surface area (Å²) in [5, 5.41) is 3.00. The highest BCUT2D eigenvalue weighted by atomic mass is 16.2. The number of aryl methyl sites for hydroxylation is 1. The largest absolute Gasteiger partial charge is 0.351 e. The van der Waals surface area contributed by atoms with Gasteiger partial charge in [-0.15, -0.1) is 0 Å². The summed E-state index contributed by atoms with van der Waals surface area (Å²) < 4.78 is 0. The summed E-state index contributed by atoms with van der Waals surface area (Å²) in [4.78, 5) is 18.4. The number of amides is 1. The Morgan fingerprint density at radius 3 is 2.65 bits per heavy atom. The predicted octanol–water partition coefficient (Wildman–Crippen LogP) is 2.27. The first-order valence-electron chi connectivity index (χ1n) is 7.64. The molecule has 1 saturated heterocycles. The van der Waals surface area contributed by atoms with E-state index in [1.54, 1.807) is 6.20 Å². The van der Waals surface area contributed by atoms with Gasteiger partial charge in [-0.2, -0.15) is 0 Å². The Morgan fingerprint density at radius 1 is 1.25 bits per heavy atom. The number of hydrogen-bond acceptors (Lipinski definition) is 3. The molecule has 1 aliphatic rings. The second kappa shape index (κ2) is 8.00. The summed E-state index contributed by atoms with van der Waals surface area (Å²) in [5.41, 5.74) is 2.10. The Hall–Kier alpha value is -1.42. The van der Waals surface area contributed by atoms with Crippen molar-refractivity contribution in [1.29, 1.82) is 0 Å². The first-order valence-corrected chi connectivity index (χ1v) is 7.64. The molecule has 0 aliphatic carbocycles. The van der Waals surface area contributed by atoms with Gasteiger partial charge in [-0.25, -0.2) is 0 Å². The van der Waals surface area contributed by atoms with Crippen molar-refractivity contribution in [3.63, 3.8) is 0 Å². The molecule has 0 saturated carbocycles. The normalized spacial score (nSPS) is 17.2. The van der Waals surface area contributed by atoms with Crippen LogP contribution in [0.1, 0.15) is 43.4 Å². The average Bonchev–Trinajstić information content (AvgIpc) is 2.39. The van der Waals surface area contributed by atoms with Crippen LogP contribution in [0.2, 0.25) is 0 Å². The Kier molecular flexibility index (Phi) is 5.99. The van der Waals surface area contributed by atoms with Crippen LogP contribution >= 0.6 is 0 Å². The lowest BCUT2D eigenvalue weighted by molar-refractivity contribution is -0.122. The molecule has 2 heterocycles. The van der Waals surface area contributed by atoms with Crippen LogP contribution in [0.4, 0.5) is 0 Å². The molecule has 1 amide bonds. The summed E-state index contributed by atoms with van der Waals surface area (Å²) in [6.07, 6.45) is 8.17. The minimum absolute atomic E-state index is 0.125. The molecule has 1 aromatic heterocycles. The van der Waals surface area contributed by atoms with Crippen LogP contribution in [0, 0.1) is 6.92 Å². The van der Waals surface area contributed by atoms with E-state index in [-0.39, 0.29) is 5.91 Å². The highest BCUT2D eigenvalue weighted by Gasteiger charge is 2.11. The van der Waals surface area contributed by atoms with Gasteiger partial charge in [0.2, 0.25) is 5.91 Å². The number of rotatable bonds is 4. The van der Waals surface area contributed by atoms with E-state index in [4.69, 9.17) is 0 Å². The molecule has 1 N–H and O–H groups in total. The smallest absolute Gasteiger partial charge is 0.234 e. The fourth-order valence-electron chi connectivity index (χ4n) is 2.64. The number of nitrogens with zero attached hydrogens (tertiary/aromatic N) is 2. The second-order valence-electron chi connectivity index (χ2n) is 5.63. The van der Waals surface area contributed by atoms with Gasteiger partial charge in [0.05, 0.1) is 6.54 Å². The molecular weight excluding hydrogens is 250 g/mol. The van der Waals surface area contributed by atoms with Gasteiger partial charge in [-0.3, -0.25) is 14.7 Å². The van der Waals surface area contributed by atoms with Crippen molar-refractivity contribution in [3.8, 4) is 0 Å². The Labute approximate surface area is 121 Å². The van der Waals surface area contributed by atoms with E-state index < -0.39 is 0 Å². The van der Waals surface area contributed by atoms with Crippen LogP contribution in [-0.4, -0.2) is 35.4 Å². The molecule has 0 atom stereocenters. The van der Waals surface area contributed by atoms with E-state index >= 15 is 0 Å². The van der Waals surface area contributed by atoms with E-state index in [1.807, 2.05) is 19.1 Å². The summed E-state index contributed by atoms with van der Waals surface area (Å²) >= 11 is 0. The van der Waals surface area contributed by atoms with Crippen LogP contribution < -0.4 is 5.32 Å². The molecule has 4 nitrogen and oxygen atoms in total. The zero-order chi connectivity index (χ0) is 14.2. The number of carbonyl (C=O) groups excluding carboxylic acids is 1. The molecule has 1 aliphatic heterocycles. The van der Waals surface area contributed by atoms with Crippen LogP contribution in [0.5, 0.6) is 0 Å². The lowest BCUT2D eigenvalue weighted by Crippen LogP contribution is -2.38. The Bertz CT molecular complexity index is 425. The zero-order valence-electron chi connectivity index (χ0n) is 12.4. The second-order valence-corrected chi connectivity index (χ2v) is 5.63. The fraction of sp³-hybridized carbons (Fsp3) is 0.625. The molecule has 0 bridgehead atoms. The van der Waals surface area contributed by atoms with Gasteiger partial charge in [0.1, 0.15) is 0 Å². The molecule has 0 aromatic carbocycles. The maximum atomic E-state index is 12.0. The SMILES string of the molecule is Cc1cc(CNC(=O)CN2CCCCCCC2)ccn1. The lowest BCUT2D eigenvalue weighted by atomic mass is 10.1. The van der Waals surface area contributed by atoms with Gasteiger partial charge >= 0.3 is 0 Å². The van der Waals surface area contributed by atoms with Crippen LogP contribution in [0.3, 0.4) is 0 Å². The van der Waals surface area contributed by atoms with Gasteiger partial charge in [0.25, 0.3) is 0 Å². The summed E-state index contributed by atoms with van der Waals surface area (Å²) in [6, 6.07) is 3.96. The van der Waals surface area contributed by atoms with Crippen molar-refractivity contribution in [2.45, 2.75) is 45.6 Å². The first-order chi connectivity index (χ1) is 9.74. The molecule has 1 aromatic rings. The zero-order valence-corrected chi connectivity index (χ0v) is 12.4. The van der Waals surface area contributed by atoms with Crippen molar-refractivity contribution in [3.05, 3.63) is 29.6 Å². The van der Waals surface area contributed by atoms with Crippen molar-refractivity contribution in [2.75, 3.05) is 19.6 Å². The van der Waals surface area contributed by atoms with E-state index in [0.29, 0.717) is 13.1 Å². The highest BCUT2D eigenvalue weighted by molar-refractivity contribution is 5.78. The van der Waals surface area contributed by atoms with Crippen LogP contribution in [0.15, 0.2) is 18.3 Å². The summed E-state index contributed by atoms with van der Waals surface area (Å²) in [7, 11) is 0. The Balaban J connectivity index is 1.74. The maximum absolute atomic E-state index is 12.0. The average molecular weight is 275 g/mol. The Morgan fingerprint density at radius 2 is 1.95 bits per heavy atom. The minimum atomic E-state index is 0.125. The van der Waals surface area contributed by atoms with E-state index in [1.165, 1.54) is 32.1 Å². The topological polar surface area (TPSA) is 45.2 Å². The maximum Gasteiger partial charge on any atom is 0.234 e. The van der Waals surface area contributed by atoms with Gasteiger partial charge < -0.3 is 5.32 Å². The van der Waals surface area contributed by atoms with Crippen molar-refractivity contribution >= 4 is 5.91 Å².